The number of benzene rings is 4. The van der Waals surface area contributed by atoms with Gasteiger partial charge in [0, 0.05) is 17.0 Å². The summed E-state index contributed by atoms with van der Waals surface area (Å²) in [7, 11) is 0. The maximum Gasteiger partial charge on any atom is 0.374 e. The second kappa shape index (κ2) is 7.80. The van der Waals surface area contributed by atoms with Crippen LogP contribution in [-0.2, 0) is 6.54 Å². The zero-order chi connectivity index (χ0) is 20.3. The number of carbonyl (C=O) groups excluding carboxylic acids is 1. The maximum atomic E-state index is 13.0. The van der Waals surface area contributed by atoms with Gasteiger partial charge in [-0.15, -0.1) is 0 Å². The molecule has 4 aromatic carbocycles. The van der Waals surface area contributed by atoms with Crippen molar-refractivity contribution in [2.45, 2.75) is 6.54 Å². The molecule has 30 heavy (non-hydrogen) atoms. The minimum atomic E-state index is 0.0420. The van der Waals surface area contributed by atoms with Gasteiger partial charge in [0.2, 0.25) is 17.8 Å². The number of hydrogen-bond acceptors (Lipinski definition) is 2. The Labute approximate surface area is 174 Å². The van der Waals surface area contributed by atoms with Gasteiger partial charge in [0.05, 0.1) is 6.07 Å². The Bertz CT molecular complexity index is 1360. The summed E-state index contributed by atoms with van der Waals surface area (Å²) in [6, 6.07) is 35.6. The fourth-order valence-corrected chi connectivity index (χ4v) is 3.71. The molecule has 0 N–H and O–H groups in total. The molecule has 0 amide bonds. The largest absolute Gasteiger partial charge is 0.405 e. The van der Waals surface area contributed by atoms with Crippen molar-refractivity contribution in [3.63, 3.8) is 0 Å². The van der Waals surface area contributed by atoms with Gasteiger partial charge in [-0.1, -0.05) is 72.8 Å². The summed E-state index contributed by atoms with van der Waals surface area (Å²) in [4.78, 5) is 13.0. The average Bonchev–Trinajstić information content (AvgIpc) is 2.81. The van der Waals surface area contributed by atoms with E-state index in [2.05, 4.69) is 12.1 Å². The van der Waals surface area contributed by atoms with Crippen LogP contribution in [0.5, 0.6) is 11.6 Å². The Morgan fingerprint density at radius 3 is 2.17 bits per heavy atom. The number of nitrogens with zero attached hydrogens (tertiary/aromatic N) is 1. The lowest BCUT2D eigenvalue weighted by molar-refractivity contribution is -0.661. The molecule has 5 aromatic rings. The van der Waals surface area contributed by atoms with E-state index >= 15 is 0 Å². The quantitative estimate of drug-likeness (QED) is 0.274. The number of hydrogen-bond donors (Lipinski definition) is 0. The molecule has 144 valence electrons. The minimum absolute atomic E-state index is 0.0420. The third kappa shape index (κ3) is 3.53. The van der Waals surface area contributed by atoms with Crippen LogP contribution in [0.3, 0.4) is 0 Å². The summed E-state index contributed by atoms with van der Waals surface area (Å²) in [6.45, 7) is 0.203. The van der Waals surface area contributed by atoms with Crippen molar-refractivity contribution >= 4 is 27.5 Å². The van der Waals surface area contributed by atoms with Crippen LogP contribution in [-0.4, -0.2) is 5.78 Å². The van der Waals surface area contributed by atoms with Crippen molar-refractivity contribution in [2.75, 3.05) is 0 Å². The Hall–Kier alpha value is -3.98. The molecule has 1 aromatic heterocycles. The van der Waals surface area contributed by atoms with Gasteiger partial charge in [-0.2, -0.15) is 4.57 Å². The summed E-state index contributed by atoms with van der Waals surface area (Å²) < 4.78 is 8.22. The molecule has 1 heterocycles. The summed E-state index contributed by atoms with van der Waals surface area (Å²) in [6.07, 6.45) is 0. The standard InChI is InChI=1S/C27H20NO2/c29-26(22-10-2-1-3-11-22)19-28-25-13-7-6-9-21(25)15-17-27(28)30-24-16-14-20-8-4-5-12-23(20)18-24/h1-18H,19H2/q+1. The maximum absolute atomic E-state index is 13.0. The van der Waals surface area contributed by atoms with E-state index in [4.69, 9.17) is 4.74 Å². The summed E-state index contributed by atoms with van der Waals surface area (Å²) in [5.41, 5.74) is 1.65. The summed E-state index contributed by atoms with van der Waals surface area (Å²) in [5, 5.41) is 3.34. The molecule has 0 aliphatic heterocycles. The highest BCUT2D eigenvalue weighted by molar-refractivity contribution is 5.95. The number of ketones is 1. The van der Waals surface area contributed by atoms with Gasteiger partial charge in [-0.25, -0.2) is 0 Å². The predicted molar refractivity (Wildman–Crippen MR) is 119 cm³/mol. The fraction of sp³-hybridized carbons (Fsp3) is 0.0370. The number of aromatic nitrogens is 1. The van der Waals surface area contributed by atoms with E-state index < -0.39 is 0 Å². The lowest BCUT2D eigenvalue weighted by Crippen LogP contribution is -2.40. The third-order valence-corrected chi connectivity index (χ3v) is 5.24. The first-order valence-corrected chi connectivity index (χ1v) is 9.94. The monoisotopic (exact) mass is 390 g/mol. The highest BCUT2D eigenvalue weighted by atomic mass is 16.5. The molecule has 0 bridgehead atoms. The van der Waals surface area contributed by atoms with Crippen molar-refractivity contribution in [1.82, 2.24) is 0 Å². The molecule has 3 nitrogen and oxygen atoms in total. The Morgan fingerprint density at radius 1 is 0.667 bits per heavy atom. The van der Waals surface area contributed by atoms with Crippen LogP contribution in [0.4, 0.5) is 0 Å². The number of fused-ring (bicyclic) bond motifs is 2. The van der Waals surface area contributed by atoms with Gasteiger partial charge in [0.1, 0.15) is 5.75 Å². The van der Waals surface area contributed by atoms with Crippen LogP contribution in [0.2, 0.25) is 0 Å². The molecular formula is C27H20NO2+. The van der Waals surface area contributed by atoms with Gasteiger partial charge in [-0.05, 0) is 35.0 Å². The predicted octanol–water partition coefficient (Wildman–Crippen LogP) is 5.96. The van der Waals surface area contributed by atoms with Gasteiger partial charge in [0.25, 0.3) is 0 Å². The number of carbonyl (C=O) groups is 1. The van der Waals surface area contributed by atoms with Crippen LogP contribution in [0, 0.1) is 0 Å². The van der Waals surface area contributed by atoms with E-state index in [-0.39, 0.29) is 12.3 Å². The van der Waals surface area contributed by atoms with Gasteiger partial charge >= 0.3 is 5.88 Å². The van der Waals surface area contributed by atoms with Crippen LogP contribution in [0.1, 0.15) is 10.4 Å². The van der Waals surface area contributed by atoms with Crippen molar-refractivity contribution in [1.29, 1.82) is 0 Å². The number of Topliss-reactive ketones (excluding diaryl/α,β-unsaturated/α-hetero) is 1. The second-order valence-electron chi connectivity index (χ2n) is 7.22. The van der Waals surface area contributed by atoms with E-state index in [1.807, 2.05) is 102 Å². The first-order chi connectivity index (χ1) is 14.8. The second-order valence-corrected chi connectivity index (χ2v) is 7.22. The van der Waals surface area contributed by atoms with E-state index in [1.54, 1.807) is 0 Å². The molecule has 5 rings (SSSR count). The molecule has 0 atom stereocenters. The van der Waals surface area contributed by atoms with Crippen LogP contribution < -0.4 is 9.30 Å². The fourth-order valence-electron chi connectivity index (χ4n) is 3.71. The lowest BCUT2D eigenvalue weighted by atomic mass is 10.1. The van der Waals surface area contributed by atoms with Crippen LogP contribution >= 0.6 is 0 Å². The molecule has 3 heteroatoms. The topological polar surface area (TPSA) is 30.2 Å². The van der Waals surface area contributed by atoms with Crippen LogP contribution in [0.25, 0.3) is 21.7 Å². The SMILES string of the molecule is O=C(C[n+]1c(Oc2ccc3ccccc3c2)ccc2ccccc21)c1ccccc1. The normalized spacial score (nSPS) is 10.9. The number of rotatable bonds is 5. The van der Waals surface area contributed by atoms with Crippen molar-refractivity contribution < 1.29 is 14.1 Å². The van der Waals surface area contributed by atoms with Gasteiger partial charge in [0.15, 0.2) is 0 Å². The number of ether oxygens (including phenoxy) is 1. The molecule has 0 saturated carbocycles. The Balaban J connectivity index is 1.57. The summed E-state index contributed by atoms with van der Waals surface area (Å²) in [5.74, 6) is 1.42. The number of para-hydroxylation sites is 1. The molecule has 0 aliphatic carbocycles. The first-order valence-electron chi connectivity index (χ1n) is 9.94. The molecule has 0 saturated heterocycles. The average molecular weight is 390 g/mol. The lowest BCUT2D eigenvalue weighted by Gasteiger charge is -2.09. The van der Waals surface area contributed by atoms with Crippen molar-refractivity contribution in [3.05, 3.63) is 115 Å². The molecule has 0 unspecified atom stereocenters. The summed E-state index contributed by atoms with van der Waals surface area (Å²) >= 11 is 0. The van der Waals surface area contributed by atoms with Crippen molar-refractivity contribution in [3.8, 4) is 11.6 Å². The molecule has 0 radical (unpaired) electrons. The van der Waals surface area contributed by atoms with Gasteiger partial charge in [-0.3, -0.25) is 4.79 Å². The van der Waals surface area contributed by atoms with E-state index in [1.165, 1.54) is 0 Å². The molecule has 0 fully saturated rings. The smallest absolute Gasteiger partial charge is 0.374 e. The molecular weight excluding hydrogens is 370 g/mol. The Morgan fingerprint density at radius 2 is 1.33 bits per heavy atom. The number of pyridine rings is 1. The zero-order valence-electron chi connectivity index (χ0n) is 16.4. The highest BCUT2D eigenvalue weighted by Crippen LogP contribution is 2.25. The third-order valence-electron chi connectivity index (χ3n) is 5.24. The Kier molecular flexibility index (Phi) is 4.70. The van der Waals surface area contributed by atoms with Crippen molar-refractivity contribution in [2.24, 2.45) is 0 Å². The molecule has 0 aliphatic rings. The van der Waals surface area contributed by atoms with E-state index in [0.29, 0.717) is 11.4 Å². The first kappa shape index (κ1) is 18.1. The zero-order valence-corrected chi connectivity index (χ0v) is 16.4. The van der Waals surface area contributed by atoms with Gasteiger partial charge < -0.3 is 4.74 Å². The van der Waals surface area contributed by atoms with Crippen LogP contribution in [0.15, 0.2) is 109 Å². The minimum Gasteiger partial charge on any atom is -0.405 e. The highest BCUT2D eigenvalue weighted by Gasteiger charge is 2.22. The van der Waals surface area contributed by atoms with E-state index in [9.17, 15) is 4.79 Å². The van der Waals surface area contributed by atoms with E-state index in [0.717, 1.165) is 27.4 Å². The molecule has 0 spiro atoms.